The molecule has 29 heavy (non-hydrogen) atoms. The monoisotopic (exact) mass is 404 g/mol. The van der Waals surface area contributed by atoms with Crippen LogP contribution in [0.1, 0.15) is 43.7 Å². The molecule has 158 valence electrons. The predicted molar refractivity (Wildman–Crippen MR) is 108 cm³/mol. The summed E-state index contributed by atoms with van der Waals surface area (Å²) in [7, 11) is 1.41. The van der Waals surface area contributed by atoms with Crippen molar-refractivity contribution >= 4 is 5.97 Å². The number of hydrogen-bond acceptors (Lipinski definition) is 7. The van der Waals surface area contributed by atoms with Crippen LogP contribution in [0.5, 0.6) is 28.7 Å². The SMILES string of the molecule is COc1cc(CC[C@H](CCCCc2ccc(O)c(O)c2)OC(C)=O)cc(O)c1O. The van der Waals surface area contributed by atoms with Gasteiger partial charge in [-0.05, 0) is 73.9 Å². The molecule has 0 saturated carbocycles. The Hall–Kier alpha value is -3.09. The summed E-state index contributed by atoms with van der Waals surface area (Å²) in [6.07, 6.45) is 3.96. The average Bonchev–Trinajstić information content (AvgIpc) is 2.67. The maximum atomic E-state index is 11.4. The van der Waals surface area contributed by atoms with E-state index in [1.54, 1.807) is 18.2 Å². The molecule has 7 heteroatoms. The summed E-state index contributed by atoms with van der Waals surface area (Å²) in [5, 5.41) is 38.4. The number of hydrogen-bond donors (Lipinski definition) is 4. The van der Waals surface area contributed by atoms with Gasteiger partial charge in [-0.15, -0.1) is 0 Å². The third-order valence-corrected chi connectivity index (χ3v) is 4.70. The van der Waals surface area contributed by atoms with E-state index >= 15 is 0 Å². The Kier molecular flexibility index (Phi) is 8.00. The fourth-order valence-electron chi connectivity index (χ4n) is 3.20. The van der Waals surface area contributed by atoms with Gasteiger partial charge in [0.1, 0.15) is 6.10 Å². The average molecular weight is 404 g/mol. The number of aryl methyl sites for hydroxylation is 2. The predicted octanol–water partition coefficient (Wildman–Crippen LogP) is 3.79. The van der Waals surface area contributed by atoms with E-state index in [1.807, 2.05) is 0 Å². The molecular formula is C22H28O7. The van der Waals surface area contributed by atoms with E-state index in [0.717, 1.165) is 30.4 Å². The molecule has 0 aliphatic rings. The van der Waals surface area contributed by atoms with Gasteiger partial charge in [-0.2, -0.15) is 0 Å². The van der Waals surface area contributed by atoms with Crippen molar-refractivity contribution < 1.29 is 34.7 Å². The van der Waals surface area contributed by atoms with E-state index in [-0.39, 0.29) is 40.8 Å². The van der Waals surface area contributed by atoms with Crippen molar-refractivity contribution in [2.75, 3.05) is 7.11 Å². The lowest BCUT2D eigenvalue weighted by atomic mass is 10.00. The van der Waals surface area contributed by atoms with Crippen molar-refractivity contribution in [3.63, 3.8) is 0 Å². The van der Waals surface area contributed by atoms with Crippen LogP contribution in [0, 0.1) is 0 Å². The Morgan fingerprint density at radius 2 is 1.62 bits per heavy atom. The van der Waals surface area contributed by atoms with Crippen LogP contribution in [0.4, 0.5) is 0 Å². The number of rotatable bonds is 10. The van der Waals surface area contributed by atoms with Gasteiger partial charge in [-0.1, -0.05) is 6.07 Å². The molecule has 0 bridgehead atoms. The standard InChI is InChI=1S/C22H28O7/c1-14(23)29-17(6-4-3-5-15-8-10-18(24)19(25)11-15)9-7-16-12-20(26)22(27)21(13-16)28-2/h8,10-13,17,24-27H,3-7,9H2,1-2H3/t17-/m0/s1. The maximum absolute atomic E-state index is 11.4. The number of phenolic OH excluding ortho intramolecular Hbond substituents is 4. The second kappa shape index (κ2) is 10.5. The number of ether oxygens (including phenoxy) is 2. The molecule has 0 heterocycles. The smallest absolute Gasteiger partial charge is 0.302 e. The molecule has 2 aromatic rings. The normalized spacial score (nSPS) is 11.8. The zero-order chi connectivity index (χ0) is 21.4. The van der Waals surface area contributed by atoms with Crippen molar-refractivity contribution in [3.05, 3.63) is 41.5 Å². The van der Waals surface area contributed by atoms with Gasteiger partial charge in [-0.3, -0.25) is 4.79 Å². The van der Waals surface area contributed by atoms with Crippen LogP contribution in [0.25, 0.3) is 0 Å². The Morgan fingerprint density at radius 3 is 2.28 bits per heavy atom. The molecule has 7 nitrogen and oxygen atoms in total. The van der Waals surface area contributed by atoms with Gasteiger partial charge >= 0.3 is 5.97 Å². The van der Waals surface area contributed by atoms with E-state index < -0.39 is 0 Å². The van der Waals surface area contributed by atoms with Crippen molar-refractivity contribution in [2.45, 2.75) is 51.6 Å². The van der Waals surface area contributed by atoms with Crippen molar-refractivity contribution in [2.24, 2.45) is 0 Å². The first-order valence-corrected chi connectivity index (χ1v) is 9.57. The first-order valence-electron chi connectivity index (χ1n) is 9.57. The van der Waals surface area contributed by atoms with E-state index in [9.17, 15) is 25.2 Å². The van der Waals surface area contributed by atoms with Gasteiger partial charge in [0.25, 0.3) is 0 Å². The molecule has 1 atom stereocenters. The fourth-order valence-corrected chi connectivity index (χ4v) is 3.20. The van der Waals surface area contributed by atoms with Gasteiger partial charge in [0.05, 0.1) is 7.11 Å². The summed E-state index contributed by atoms with van der Waals surface area (Å²) in [5.74, 6) is -0.965. The van der Waals surface area contributed by atoms with Crippen LogP contribution in [0.15, 0.2) is 30.3 Å². The Morgan fingerprint density at radius 1 is 0.897 bits per heavy atom. The number of phenols is 4. The minimum Gasteiger partial charge on any atom is -0.504 e. The zero-order valence-corrected chi connectivity index (χ0v) is 16.7. The van der Waals surface area contributed by atoms with E-state index in [4.69, 9.17) is 9.47 Å². The van der Waals surface area contributed by atoms with Crippen LogP contribution in [0.3, 0.4) is 0 Å². The molecule has 0 unspecified atom stereocenters. The second-order valence-electron chi connectivity index (χ2n) is 7.00. The van der Waals surface area contributed by atoms with Gasteiger partial charge in [0, 0.05) is 6.92 Å². The number of aromatic hydroxyl groups is 4. The van der Waals surface area contributed by atoms with Crippen LogP contribution >= 0.6 is 0 Å². The lowest BCUT2D eigenvalue weighted by Gasteiger charge is -2.17. The molecule has 0 aliphatic carbocycles. The van der Waals surface area contributed by atoms with E-state index in [2.05, 4.69) is 0 Å². The lowest BCUT2D eigenvalue weighted by molar-refractivity contribution is -0.147. The third kappa shape index (κ3) is 6.78. The van der Waals surface area contributed by atoms with E-state index in [1.165, 1.54) is 26.2 Å². The topological polar surface area (TPSA) is 116 Å². The number of methoxy groups -OCH3 is 1. The van der Waals surface area contributed by atoms with Gasteiger partial charge in [0.2, 0.25) is 5.75 Å². The second-order valence-corrected chi connectivity index (χ2v) is 7.00. The minimum atomic E-state index is -0.343. The molecule has 0 aliphatic heterocycles. The molecule has 2 aromatic carbocycles. The van der Waals surface area contributed by atoms with Crippen molar-refractivity contribution in [1.29, 1.82) is 0 Å². The molecule has 0 fully saturated rings. The first kappa shape index (κ1) is 22.2. The molecule has 0 aromatic heterocycles. The van der Waals surface area contributed by atoms with Crippen LogP contribution < -0.4 is 4.74 Å². The highest BCUT2D eigenvalue weighted by molar-refractivity contribution is 5.66. The van der Waals surface area contributed by atoms with Crippen LogP contribution in [-0.4, -0.2) is 39.6 Å². The number of esters is 1. The number of carbonyl (C=O) groups is 1. The molecule has 0 saturated heterocycles. The summed E-state index contributed by atoms with van der Waals surface area (Å²) < 4.78 is 10.5. The number of unbranched alkanes of at least 4 members (excludes halogenated alkanes) is 1. The molecule has 4 N–H and O–H groups in total. The summed E-state index contributed by atoms with van der Waals surface area (Å²) in [5.41, 5.74) is 1.70. The highest BCUT2D eigenvalue weighted by Crippen LogP contribution is 2.36. The van der Waals surface area contributed by atoms with Crippen LogP contribution in [0.2, 0.25) is 0 Å². The number of carbonyl (C=O) groups excluding carboxylic acids is 1. The highest BCUT2D eigenvalue weighted by atomic mass is 16.5. The molecule has 0 amide bonds. The Bertz CT molecular complexity index is 832. The highest BCUT2D eigenvalue weighted by Gasteiger charge is 2.15. The zero-order valence-electron chi connectivity index (χ0n) is 16.7. The summed E-state index contributed by atoms with van der Waals surface area (Å²) in [6.45, 7) is 1.38. The molecule has 0 spiro atoms. The number of benzene rings is 2. The largest absolute Gasteiger partial charge is 0.504 e. The van der Waals surface area contributed by atoms with Crippen molar-refractivity contribution in [1.82, 2.24) is 0 Å². The quantitative estimate of drug-likeness (QED) is 0.270. The lowest BCUT2D eigenvalue weighted by Crippen LogP contribution is -2.17. The fraction of sp³-hybridized carbons (Fsp3) is 0.409. The summed E-state index contributed by atoms with van der Waals surface area (Å²) in [4.78, 5) is 11.4. The van der Waals surface area contributed by atoms with E-state index in [0.29, 0.717) is 19.3 Å². The maximum Gasteiger partial charge on any atom is 0.302 e. The van der Waals surface area contributed by atoms with Crippen LogP contribution in [-0.2, 0) is 22.4 Å². The van der Waals surface area contributed by atoms with Gasteiger partial charge in [0.15, 0.2) is 23.0 Å². The molecule has 2 rings (SSSR count). The Labute approximate surface area is 170 Å². The summed E-state index contributed by atoms with van der Waals surface area (Å²) >= 11 is 0. The van der Waals surface area contributed by atoms with Gasteiger partial charge in [-0.25, -0.2) is 0 Å². The van der Waals surface area contributed by atoms with Gasteiger partial charge < -0.3 is 29.9 Å². The minimum absolute atomic E-state index is 0.132. The first-order chi connectivity index (χ1) is 13.8. The molecule has 0 radical (unpaired) electrons. The Balaban J connectivity index is 1.88. The third-order valence-electron chi connectivity index (χ3n) is 4.70. The summed E-state index contributed by atoms with van der Waals surface area (Å²) in [6, 6.07) is 7.90. The molecular weight excluding hydrogens is 376 g/mol. The van der Waals surface area contributed by atoms with Crippen molar-refractivity contribution in [3.8, 4) is 28.7 Å².